The second-order valence-corrected chi connectivity index (χ2v) is 5.24. The molecule has 0 unspecified atom stereocenters. The van der Waals surface area contributed by atoms with E-state index in [0.29, 0.717) is 0 Å². The Morgan fingerprint density at radius 3 is 2.88 bits per heavy atom. The van der Waals surface area contributed by atoms with Gasteiger partial charge >= 0.3 is 0 Å². The molecule has 1 aromatic carbocycles. The minimum atomic E-state index is 0.108. The van der Waals surface area contributed by atoms with E-state index in [9.17, 15) is 0 Å². The van der Waals surface area contributed by atoms with Gasteiger partial charge in [0.2, 0.25) is 0 Å². The van der Waals surface area contributed by atoms with Crippen molar-refractivity contribution < 1.29 is 4.74 Å². The summed E-state index contributed by atoms with van der Waals surface area (Å²) in [6.45, 7) is 4.39. The SMILES string of the molecule is COc1ccc2cc3c(nc2c1)NC(C)(C)C3. The summed E-state index contributed by atoms with van der Waals surface area (Å²) >= 11 is 0. The molecule has 0 atom stereocenters. The van der Waals surface area contributed by atoms with Crippen LogP contribution in [0.1, 0.15) is 19.4 Å². The number of rotatable bonds is 1. The third kappa shape index (κ3) is 1.71. The summed E-state index contributed by atoms with van der Waals surface area (Å²) in [6, 6.07) is 8.23. The van der Waals surface area contributed by atoms with Crippen LogP contribution in [0.5, 0.6) is 5.75 Å². The van der Waals surface area contributed by atoms with Crippen LogP contribution in [0.3, 0.4) is 0 Å². The molecular weight excluding hydrogens is 212 g/mol. The van der Waals surface area contributed by atoms with Crippen LogP contribution in [-0.2, 0) is 6.42 Å². The van der Waals surface area contributed by atoms with E-state index in [4.69, 9.17) is 4.74 Å². The molecule has 0 saturated heterocycles. The van der Waals surface area contributed by atoms with Crippen molar-refractivity contribution in [2.24, 2.45) is 0 Å². The van der Waals surface area contributed by atoms with E-state index in [0.717, 1.165) is 23.5 Å². The number of nitrogens with zero attached hydrogens (tertiary/aromatic N) is 1. The number of aromatic nitrogens is 1. The average Bonchev–Trinajstić information content (AvgIpc) is 2.57. The molecule has 3 nitrogen and oxygen atoms in total. The summed E-state index contributed by atoms with van der Waals surface area (Å²) in [7, 11) is 1.68. The van der Waals surface area contributed by atoms with Crippen molar-refractivity contribution >= 4 is 16.7 Å². The summed E-state index contributed by atoms with van der Waals surface area (Å²) < 4.78 is 5.22. The first-order valence-electron chi connectivity index (χ1n) is 5.83. The van der Waals surface area contributed by atoms with Crippen molar-refractivity contribution in [1.29, 1.82) is 0 Å². The normalized spacial score (nSPS) is 16.6. The molecule has 1 aliphatic rings. The third-order valence-electron chi connectivity index (χ3n) is 3.19. The van der Waals surface area contributed by atoms with Gasteiger partial charge in [0.1, 0.15) is 11.6 Å². The van der Waals surface area contributed by atoms with Crippen molar-refractivity contribution in [3.8, 4) is 5.75 Å². The molecule has 0 fully saturated rings. The molecule has 0 saturated carbocycles. The van der Waals surface area contributed by atoms with Gasteiger partial charge in [0, 0.05) is 17.0 Å². The van der Waals surface area contributed by atoms with Crippen molar-refractivity contribution in [1.82, 2.24) is 4.98 Å². The van der Waals surface area contributed by atoms with Crippen LogP contribution < -0.4 is 10.1 Å². The van der Waals surface area contributed by atoms with Crippen molar-refractivity contribution in [2.75, 3.05) is 12.4 Å². The van der Waals surface area contributed by atoms with E-state index in [1.807, 2.05) is 12.1 Å². The van der Waals surface area contributed by atoms with Crippen molar-refractivity contribution in [2.45, 2.75) is 25.8 Å². The summed E-state index contributed by atoms with van der Waals surface area (Å²) in [5.41, 5.74) is 2.39. The largest absolute Gasteiger partial charge is 0.497 e. The monoisotopic (exact) mass is 228 g/mol. The van der Waals surface area contributed by atoms with Gasteiger partial charge < -0.3 is 10.1 Å². The van der Waals surface area contributed by atoms with Gasteiger partial charge in [-0.15, -0.1) is 0 Å². The number of hydrogen-bond donors (Lipinski definition) is 1. The topological polar surface area (TPSA) is 34.1 Å². The van der Waals surface area contributed by atoms with Crippen LogP contribution in [0, 0.1) is 0 Å². The molecule has 0 radical (unpaired) electrons. The van der Waals surface area contributed by atoms with E-state index in [1.165, 1.54) is 10.9 Å². The molecule has 0 amide bonds. The Hall–Kier alpha value is -1.77. The molecule has 2 aromatic rings. The van der Waals surface area contributed by atoms with E-state index in [1.54, 1.807) is 7.11 Å². The zero-order valence-corrected chi connectivity index (χ0v) is 10.4. The first-order valence-corrected chi connectivity index (χ1v) is 5.83. The fourth-order valence-corrected chi connectivity index (χ4v) is 2.40. The highest BCUT2D eigenvalue weighted by Gasteiger charge is 2.28. The minimum Gasteiger partial charge on any atom is -0.497 e. The van der Waals surface area contributed by atoms with Crippen LogP contribution in [0.4, 0.5) is 5.82 Å². The van der Waals surface area contributed by atoms with Crippen molar-refractivity contribution in [3.05, 3.63) is 29.8 Å². The van der Waals surface area contributed by atoms with Gasteiger partial charge in [0.25, 0.3) is 0 Å². The number of benzene rings is 1. The Balaban J connectivity index is 2.16. The zero-order chi connectivity index (χ0) is 12.0. The van der Waals surface area contributed by atoms with Crippen LogP contribution in [0.25, 0.3) is 10.9 Å². The molecule has 2 heterocycles. The molecule has 1 aliphatic heterocycles. The lowest BCUT2D eigenvalue weighted by Crippen LogP contribution is -2.27. The predicted octanol–water partition coefficient (Wildman–Crippen LogP) is 2.99. The molecule has 88 valence electrons. The molecule has 0 spiro atoms. The van der Waals surface area contributed by atoms with Crippen LogP contribution in [-0.4, -0.2) is 17.6 Å². The quantitative estimate of drug-likeness (QED) is 0.814. The number of methoxy groups -OCH3 is 1. The van der Waals surface area contributed by atoms with Crippen LogP contribution in [0.2, 0.25) is 0 Å². The standard InChI is InChI=1S/C14H16N2O/c1-14(2)8-10-6-9-4-5-11(17-3)7-12(9)15-13(10)16-14/h4-7H,8H2,1-3H3,(H,15,16). The first-order chi connectivity index (χ1) is 8.07. The van der Waals surface area contributed by atoms with E-state index in [2.05, 4.69) is 36.3 Å². The van der Waals surface area contributed by atoms with Gasteiger partial charge in [-0.1, -0.05) is 0 Å². The molecular formula is C14H16N2O. The Kier molecular flexibility index (Phi) is 2.05. The van der Waals surface area contributed by atoms with Crippen LogP contribution in [0.15, 0.2) is 24.3 Å². The molecule has 0 aliphatic carbocycles. The summed E-state index contributed by atoms with van der Waals surface area (Å²) in [4.78, 5) is 4.67. The Morgan fingerprint density at radius 1 is 1.29 bits per heavy atom. The first kappa shape index (κ1) is 10.4. The number of pyridine rings is 1. The highest BCUT2D eigenvalue weighted by atomic mass is 16.5. The van der Waals surface area contributed by atoms with E-state index in [-0.39, 0.29) is 5.54 Å². The van der Waals surface area contributed by atoms with Gasteiger partial charge in [-0.05, 0) is 44.0 Å². The molecule has 3 heteroatoms. The highest BCUT2D eigenvalue weighted by Crippen LogP contribution is 2.33. The Labute approximate surface area is 101 Å². The van der Waals surface area contributed by atoms with E-state index >= 15 is 0 Å². The number of hydrogen-bond acceptors (Lipinski definition) is 3. The molecule has 17 heavy (non-hydrogen) atoms. The van der Waals surface area contributed by atoms with Crippen molar-refractivity contribution in [3.63, 3.8) is 0 Å². The Morgan fingerprint density at radius 2 is 2.12 bits per heavy atom. The summed E-state index contributed by atoms with van der Waals surface area (Å²) in [6.07, 6.45) is 1.03. The molecule has 0 bridgehead atoms. The van der Waals surface area contributed by atoms with Gasteiger partial charge in [0.15, 0.2) is 0 Å². The number of nitrogens with one attached hydrogen (secondary N) is 1. The third-order valence-corrected chi connectivity index (χ3v) is 3.19. The predicted molar refractivity (Wildman–Crippen MR) is 69.7 cm³/mol. The van der Waals surface area contributed by atoms with Gasteiger partial charge in [0.05, 0.1) is 12.6 Å². The molecule has 1 aromatic heterocycles. The second-order valence-electron chi connectivity index (χ2n) is 5.24. The maximum Gasteiger partial charge on any atom is 0.130 e. The number of anilines is 1. The molecule has 1 N–H and O–H groups in total. The fraction of sp³-hybridized carbons (Fsp3) is 0.357. The summed E-state index contributed by atoms with van der Waals surface area (Å²) in [5, 5.41) is 4.62. The highest BCUT2D eigenvalue weighted by molar-refractivity contribution is 5.83. The second kappa shape index (κ2) is 3.36. The molecule has 3 rings (SSSR count). The maximum absolute atomic E-state index is 5.22. The van der Waals surface area contributed by atoms with E-state index < -0.39 is 0 Å². The minimum absolute atomic E-state index is 0.108. The maximum atomic E-state index is 5.22. The smallest absolute Gasteiger partial charge is 0.130 e. The zero-order valence-electron chi connectivity index (χ0n) is 10.4. The summed E-state index contributed by atoms with van der Waals surface area (Å²) in [5.74, 6) is 1.86. The Bertz CT molecular complexity index is 590. The lowest BCUT2D eigenvalue weighted by atomic mass is 10.0. The lowest BCUT2D eigenvalue weighted by Gasteiger charge is -2.17. The number of ether oxygens (including phenoxy) is 1. The van der Waals surface area contributed by atoms with Gasteiger partial charge in [-0.25, -0.2) is 4.98 Å². The number of fused-ring (bicyclic) bond motifs is 2. The van der Waals surface area contributed by atoms with Gasteiger partial charge in [-0.2, -0.15) is 0 Å². The average molecular weight is 228 g/mol. The fourth-order valence-electron chi connectivity index (χ4n) is 2.40. The van der Waals surface area contributed by atoms with Crippen LogP contribution >= 0.6 is 0 Å². The lowest BCUT2D eigenvalue weighted by molar-refractivity contribution is 0.415. The van der Waals surface area contributed by atoms with Gasteiger partial charge in [-0.3, -0.25) is 0 Å².